The number of imidazole rings is 1. The SMILES string of the molecule is [C-]#[N+]c1ccc(COc2cccc(-c3ccc(Cc4nc5ccc(C(=O)NS(=O)(=O)C6CC6)cc5n4CCOC)cc3C)n2)c(F)c1. The molecule has 1 amide bonds. The maximum Gasteiger partial charge on any atom is 0.264 e. The number of pyridine rings is 1. The van der Waals surface area contributed by atoms with Gasteiger partial charge in [0.1, 0.15) is 18.2 Å². The average molecular weight is 654 g/mol. The molecule has 0 saturated heterocycles. The number of sulfonamides is 1. The molecule has 5 aromatic rings. The lowest BCUT2D eigenvalue weighted by Crippen LogP contribution is -2.33. The number of aromatic nitrogens is 3. The van der Waals surface area contributed by atoms with Gasteiger partial charge in [0, 0.05) is 42.8 Å². The number of hydrogen-bond acceptors (Lipinski definition) is 7. The topological polar surface area (TPSA) is 117 Å². The van der Waals surface area contributed by atoms with Gasteiger partial charge in [-0.1, -0.05) is 36.4 Å². The van der Waals surface area contributed by atoms with E-state index >= 15 is 0 Å². The first-order valence-electron chi connectivity index (χ1n) is 15.0. The van der Waals surface area contributed by atoms with Crippen molar-refractivity contribution in [1.82, 2.24) is 19.3 Å². The Labute approximate surface area is 272 Å². The first-order valence-corrected chi connectivity index (χ1v) is 16.6. The number of methoxy groups -OCH3 is 1. The van der Waals surface area contributed by atoms with E-state index in [-0.39, 0.29) is 17.9 Å². The van der Waals surface area contributed by atoms with Crippen LogP contribution in [0.2, 0.25) is 0 Å². The van der Waals surface area contributed by atoms with Crippen LogP contribution in [-0.4, -0.2) is 47.8 Å². The highest BCUT2D eigenvalue weighted by Gasteiger charge is 2.37. The van der Waals surface area contributed by atoms with Crippen molar-refractivity contribution in [3.05, 3.63) is 118 Å². The van der Waals surface area contributed by atoms with Crippen LogP contribution in [0.1, 0.15) is 45.7 Å². The molecule has 0 bridgehead atoms. The molecule has 1 N–H and O–H groups in total. The van der Waals surface area contributed by atoms with Crippen LogP contribution in [0, 0.1) is 19.3 Å². The monoisotopic (exact) mass is 653 g/mol. The first kappa shape index (κ1) is 31.8. The van der Waals surface area contributed by atoms with Crippen molar-refractivity contribution < 1.29 is 27.1 Å². The van der Waals surface area contributed by atoms with Crippen LogP contribution in [0.5, 0.6) is 5.88 Å². The lowest BCUT2D eigenvalue weighted by Gasteiger charge is -2.12. The Hall–Kier alpha value is -5.12. The van der Waals surface area contributed by atoms with Crippen LogP contribution in [-0.2, 0) is 34.3 Å². The number of nitrogens with zero attached hydrogens (tertiary/aromatic N) is 4. The van der Waals surface area contributed by atoms with Crippen LogP contribution >= 0.6 is 0 Å². The van der Waals surface area contributed by atoms with Gasteiger partial charge in [-0.25, -0.2) is 32.3 Å². The molecule has 10 nitrogen and oxygen atoms in total. The summed E-state index contributed by atoms with van der Waals surface area (Å²) in [5.74, 6) is -0.0270. The summed E-state index contributed by atoms with van der Waals surface area (Å²) in [6.45, 7) is 9.92. The van der Waals surface area contributed by atoms with Crippen molar-refractivity contribution in [2.75, 3.05) is 13.7 Å². The predicted octanol–water partition coefficient (Wildman–Crippen LogP) is 6.13. The molecule has 0 unspecified atom stereocenters. The van der Waals surface area contributed by atoms with Crippen molar-refractivity contribution in [3.63, 3.8) is 0 Å². The number of fused-ring (bicyclic) bond motifs is 1. The minimum atomic E-state index is -3.67. The van der Waals surface area contributed by atoms with E-state index in [1.165, 1.54) is 12.1 Å². The number of benzene rings is 3. The maximum atomic E-state index is 14.3. The smallest absolute Gasteiger partial charge is 0.264 e. The second-order valence-electron chi connectivity index (χ2n) is 11.4. The van der Waals surface area contributed by atoms with Crippen molar-refractivity contribution in [1.29, 1.82) is 0 Å². The van der Waals surface area contributed by atoms with Gasteiger partial charge in [-0.2, -0.15) is 0 Å². The molecule has 2 heterocycles. The van der Waals surface area contributed by atoms with Crippen molar-refractivity contribution in [3.8, 4) is 17.1 Å². The average Bonchev–Trinajstić information content (AvgIpc) is 3.87. The molecule has 0 radical (unpaired) electrons. The quantitative estimate of drug-likeness (QED) is 0.161. The van der Waals surface area contributed by atoms with Gasteiger partial charge in [0.05, 0.1) is 35.2 Å². The molecule has 47 heavy (non-hydrogen) atoms. The summed E-state index contributed by atoms with van der Waals surface area (Å²) in [4.78, 5) is 25.5. The van der Waals surface area contributed by atoms with E-state index in [2.05, 4.69) is 20.6 Å². The van der Waals surface area contributed by atoms with E-state index in [0.29, 0.717) is 60.6 Å². The Balaban J connectivity index is 1.21. The minimum Gasteiger partial charge on any atom is -0.473 e. The summed E-state index contributed by atoms with van der Waals surface area (Å²) in [6.07, 6.45) is 1.64. The largest absolute Gasteiger partial charge is 0.473 e. The van der Waals surface area contributed by atoms with E-state index in [4.69, 9.17) is 21.0 Å². The fraction of sp³-hybridized carbons (Fsp3) is 0.257. The van der Waals surface area contributed by atoms with Gasteiger partial charge in [0.2, 0.25) is 15.9 Å². The van der Waals surface area contributed by atoms with Crippen LogP contribution < -0.4 is 9.46 Å². The number of ether oxygens (including phenoxy) is 2. The lowest BCUT2D eigenvalue weighted by atomic mass is 10.0. The molecule has 0 spiro atoms. The summed E-state index contributed by atoms with van der Waals surface area (Å²) in [5.41, 5.74) is 5.84. The molecule has 0 atom stereocenters. The number of rotatable bonds is 12. The van der Waals surface area contributed by atoms with Gasteiger partial charge in [0.25, 0.3) is 5.91 Å². The Bertz CT molecular complexity index is 2140. The first-order chi connectivity index (χ1) is 22.6. The molecule has 1 aliphatic carbocycles. The van der Waals surface area contributed by atoms with Crippen LogP contribution in [0.3, 0.4) is 0 Å². The van der Waals surface area contributed by atoms with Crippen molar-refractivity contribution in [2.24, 2.45) is 0 Å². The Morgan fingerprint density at radius 3 is 2.64 bits per heavy atom. The number of amides is 1. The van der Waals surface area contributed by atoms with Crippen LogP contribution in [0.25, 0.3) is 27.1 Å². The zero-order chi connectivity index (χ0) is 33.1. The van der Waals surface area contributed by atoms with Gasteiger partial charge in [-0.3, -0.25) is 4.79 Å². The highest BCUT2D eigenvalue weighted by Crippen LogP contribution is 2.29. The van der Waals surface area contributed by atoms with E-state index in [1.807, 2.05) is 35.8 Å². The van der Waals surface area contributed by atoms with E-state index in [1.54, 1.807) is 37.4 Å². The van der Waals surface area contributed by atoms with Crippen LogP contribution in [0.4, 0.5) is 10.1 Å². The van der Waals surface area contributed by atoms with Crippen molar-refractivity contribution >= 4 is 32.7 Å². The molecule has 1 aliphatic rings. The number of halogens is 1. The third kappa shape index (κ3) is 7.16. The van der Waals surface area contributed by atoms with Crippen molar-refractivity contribution in [2.45, 2.75) is 44.6 Å². The Morgan fingerprint density at radius 1 is 1.09 bits per heavy atom. The fourth-order valence-corrected chi connectivity index (χ4v) is 6.66. The second kappa shape index (κ2) is 13.3. The number of carbonyl (C=O) groups excluding carboxylic acids is 1. The molecule has 240 valence electrons. The van der Waals surface area contributed by atoms with Gasteiger partial charge in [-0.05, 0) is 61.2 Å². The molecular weight excluding hydrogens is 621 g/mol. The lowest BCUT2D eigenvalue weighted by molar-refractivity contribution is 0.0981. The summed E-state index contributed by atoms with van der Waals surface area (Å²) in [5, 5.41) is -0.497. The van der Waals surface area contributed by atoms with Gasteiger partial charge in [0.15, 0.2) is 5.69 Å². The van der Waals surface area contributed by atoms with Gasteiger partial charge < -0.3 is 14.0 Å². The Morgan fingerprint density at radius 2 is 1.91 bits per heavy atom. The fourth-order valence-electron chi connectivity index (χ4n) is 5.36. The maximum absolute atomic E-state index is 14.3. The zero-order valence-electron chi connectivity index (χ0n) is 25.9. The molecule has 0 aliphatic heterocycles. The molecule has 1 saturated carbocycles. The standard InChI is InChI=1S/C35H32FN5O5S/c1-22-17-23(7-13-28(22)30-5-4-6-34(39-30)46-21-25-8-10-26(37-2)20-29(25)36)18-33-38-31-14-9-24(19-32(31)41(33)15-16-45-3)35(42)40-47(43,44)27-11-12-27/h4-10,13-14,17,19-20,27H,11-12,15-16,18,21H2,1,3H3,(H,40,42). The summed E-state index contributed by atoms with van der Waals surface area (Å²) in [6, 6.07) is 20.8. The molecule has 12 heteroatoms. The Kier molecular flexibility index (Phi) is 9.02. The minimum absolute atomic E-state index is 0.0196. The third-order valence-corrected chi connectivity index (χ3v) is 9.82. The number of nitrogens with one attached hydrogen (secondary N) is 1. The summed E-state index contributed by atoms with van der Waals surface area (Å²) < 4.78 is 54.3. The number of carbonyl (C=O) groups is 1. The third-order valence-electron chi connectivity index (χ3n) is 8.00. The van der Waals surface area contributed by atoms with E-state index < -0.39 is 27.0 Å². The normalized spacial score (nSPS) is 13.0. The highest BCUT2D eigenvalue weighted by molar-refractivity contribution is 7.91. The zero-order valence-corrected chi connectivity index (χ0v) is 26.7. The number of hydrogen-bond donors (Lipinski definition) is 1. The predicted molar refractivity (Wildman–Crippen MR) is 175 cm³/mol. The molecule has 6 rings (SSSR count). The molecule has 1 fully saturated rings. The van der Waals surface area contributed by atoms with E-state index in [9.17, 15) is 17.6 Å². The van der Waals surface area contributed by atoms with Gasteiger partial charge >= 0.3 is 0 Å². The molecule has 2 aromatic heterocycles. The summed E-state index contributed by atoms with van der Waals surface area (Å²) in [7, 11) is -2.06. The summed E-state index contributed by atoms with van der Waals surface area (Å²) >= 11 is 0. The second-order valence-corrected chi connectivity index (χ2v) is 13.4. The molecule has 3 aromatic carbocycles. The van der Waals surface area contributed by atoms with E-state index in [0.717, 1.165) is 22.5 Å². The highest BCUT2D eigenvalue weighted by atomic mass is 32.2. The van der Waals surface area contributed by atoms with Gasteiger partial charge in [-0.15, -0.1) is 0 Å². The molecular formula is C35H32FN5O5S. The van der Waals surface area contributed by atoms with Crippen LogP contribution in [0.15, 0.2) is 72.8 Å². The number of aryl methyl sites for hydroxylation is 1.